The summed E-state index contributed by atoms with van der Waals surface area (Å²) in [4.78, 5) is -0.420. The van der Waals surface area contributed by atoms with Crippen molar-refractivity contribution in [2.24, 2.45) is 0 Å². The van der Waals surface area contributed by atoms with Crippen molar-refractivity contribution in [2.75, 3.05) is 6.61 Å². The summed E-state index contributed by atoms with van der Waals surface area (Å²) in [5.74, 6) is -0.891. The maximum atomic E-state index is 13.3. The highest BCUT2D eigenvalue weighted by Gasteiger charge is 2.23. The van der Waals surface area contributed by atoms with Gasteiger partial charge in [-0.15, -0.1) is 0 Å². The smallest absolute Gasteiger partial charge is 0.242 e. The van der Waals surface area contributed by atoms with E-state index in [-0.39, 0.29) is 6.61 Å². The largest absolute Gasteiger partial charge is 0.395 e. The van der Waals surface area contributed by atoms with E-state index >= 15 is 0 Å². The van der Waals surface area contributed by atoms with Crippen molar-refractivity contribution in [2.45, 2.75) is 24.3 Å². The van der Waals surface area contributed by atoms with Crippen LogP contribution in [-0.2, 0) is 10.0 Å². The first kappa shape index (κ1) is 14.6. The molecule has 0 aromatic heterocycles. The van der Waals surface area contributed by atoms with Gasteiger partial charge in [0.2, 0.25) is 10.0 Å². The molecule has 0 aliphatic heterocycles. The lowest BCUT2D eigenvalue weighted by atomic mass is 10.2. The van der Waals surface area contributed by atoms with Crippen LogP contribution in [0.4, 0.5) is 4.39 Å². The Bertz CT molecular complexity index is 562. The van der Waals surface area contributed by atoms with E-state index in [0.717, 1.165) is 12.1 Å². The van der Waals surface area contributed by atoms with E-state index in [1.807, 2.05) is 0 Å². The van der Waals surface area contributed by atoms with Gasteiger partial charge in [-0.3, -0.25) is 0 Å². The average molecular weight is 272 g/mol. The van der Waals surface area contributed by atoms with Crippen LogP contribution in [0, 0.1) is 17.1 Å². The number of nitrogens with one attached hydrogen (secondary N) is 1. The van der Waals surface area contributed by atoms with Gasteiger partial charge in [0, 0.05) is 6.04 Å². The summed E-state index contributed by atoms with van der Waals surface area (Å²) in [6, 6.07) is 4.23. The molecule has 1 rings (SSSR count). The predicted octanol–water partition coefficient (Wildman–Crippen LogP) is 0.747. The van der Waals surface area contributed by atoms with Crippen LogP contribution in [0.1, 0.15) is 18.9 Å². The van der Waals surface area contributed by atoms with Crippen LogP contribution in [0.5, 0.6) is 0 Å². The molecule has 5 nitrogen and oxygen atoms in total. The summed E-state index contributed by atoms with van der Waals surface area (Å²) in [6.07, 6.45) is 0.382. The number of rotatable bonds is 5. The highest BCUT2D eigenvalue weighted by Crippen LogP contribution is 2.18. The summed E-state index contributed by atoms with van der Waals surface area (Å²) in [5.41, 5.74) is -0.530. The zero-order chi connectivity index (χ0) is 13.8. The molecule has 2 N–H and O–H groups in total. The fourth-order valence-electron chi connectivity index (χ4n) is 1.37. The SMILES string of the molecule is CCC(CO)NS(=O)(=O)c1cccc(F)c1C#N. The van der Waals surface area contributed by atoms with E-state index in [2.05, 4.69) is 4.72 Å². The third-order valence-corrected chi connectivity index (χ3v) is 3.97. The van der Waals surface area contributed by atoms with Crippen molar-refractivity contribution < 1.29 is 17.9 Å². The lowest BCUT2D eigenvalue weighted by Gasteiger charge is -2.15. The maximum Gasteiger partial charge on any atom is 0.242 e. The first-order valence-corrected chi connectivity index (χ1v) is 6.76. The summed E-state index contributed by atoms with van der Waals surface area (Å²) >= 11 is 0. The predicted molar refractivity (Wildman–Crippen MR) is 62.6 cm³/mol. The maximum absolute atomic E-state index is 13.3. The van der Waals surface area contributed by atoms with Crippen LogP contribution in [0.2, 0.25) is 0 Å². The van der Waals surface area contributed by atoms with Crippen molar-refractivity contribution >= 4 is 10.0 Å². The molecule has 0 saturated carbocycles. The van der Waals surface area contributed by atoms with Gasteiger partial charge in [0.1, 0.15) is 22.3 Å². The number of hydrogen-bond acceptors (Lipinski definition) is 4. The Morgan fingerprint density at radius 1 is 1.56 bits per heavy atom. The van der Waals surface area contributed by atoms with Gasteiger partial charge >= 0.3 is 0 Å². The van der Waals surface area contributed by atoms with Gasteiger partial charge in [-0.1, -0.05) is 13.0 Å². The molecule has 0 heterocycles. The van der Waals surface area contributed by atoms with Gasteiger partial charge in [-0.25, -0.2) is 17.5 Å². The first-order chi connectivity index (χ1) is 8.46. The molecule has 0 amide bonds. The molecule has 1 aromatic carbocycles. The second-order valence-corrected chi connectivity index (χ2v) is 5.32. The molecule has 1 aromatic rings. The quantitative estimate of drug-likeness (QED) is 0.827. The molecular weight excluding hydrogens is 259 g/mol. The van der Waals surface area contributed by atoms with Crippen molar-refractivity contribution in [3.8, 4) is 6.07 Å². The fourth-order valence-corrected chi connectivity index (χ4v) is 2.85. The molecule has 0 aliphatic rings. The van der Waals surface area contributed by atoms with Crippen LogP contribution in [-0.4, -0.2) is 26.2 Å². The van der Waals surface area contributed by atoms with E-state index in [4.69, 9.17) is 10.4 Å². The van der Waals surface area contributed by atoms with Crippen molar-refractivity contribution in [1.29, 1.82) is 5.26 Å². The minimum absolute atomic E-state index is 0.368. The number of nitrogens with zero attached hydrogens (tertiary/aromatic N) is 1. The molecule has 0 saturated heterocycles. The number of hydrogen-bond donors (Lipinski definition) is 2. The van der Waals surface area contributed by atoms with Crippen molar-refractivity contribution in [3.63, 3.8) is 0 Å². The number of sulfonamides is 1. The summed E-state index contributed by atoms with van der Waals surface area (Å²) in [5, 5.41) is 17.7. The van der Waals surface area contributed by atoms with Crippen molar-refractivity contribution in [3.05, 3.63) is 29.6 Å². The molecule has 0 fully saturated rings. The fraction of sp³-hybridized carbons (Fsp3) is 0.364. The molecular formula is C11H13FN2O3S. The first-order valence-electron chi connectivity index (χ1n) is 5.28. The molecule has 1 atom stereocenters. The normalized spacial score (nSPS) is 13.0. The Morgan fingerprint density at radius 3 is 2.72 bits per heavy atom. The standard InChI is InChI=1S/C11H13FN2O3S/c1-2-8(7-15)14-18(16,17)11-5-3-4-10(12)9(11)6-13/h3-5,8,14-15H,2,7H2,1H3. The van der Waals surface area contributed by atoms with Gasteiger partial charge in [-0.05, 0) is 18.6 Å². The van der Waals surface area contributed by atoms with Crippen LogP contribution in [0.25, 0.3) is 0 Å². The summed E-state index contributed by atoms with van der Waals surface area (Å²) in [7, 11) is -4.02. The Hall–Kier alpha value is -1.49. The Kier molecular flexibility index (Phi) is 4.78. The third kappa shape index (κ3) is 3.04. The topological polar surface area (TPSA) is 90.2 Å². The molecule has 7 heteroatoms. The van der Waals surface area contributed by atoms with Crippen LogP contribution < -0.4 is 4.72 Å². The minimum Gasteiger partial charge on any atom is -0.395 e. The van der Waals surface area contributed by atoms with E-state index in [0.29, 0.717) is 6.42 Å². The number of aliphatic hydroxyl groups is 1. The molecule has 18 heavy (non-hydrogen) atoms. The van der Waals surface area contributed by atoms with Gasteiger partial charge < -0.3 is 5.11 Å². The van der Waals surface area contributed by atoms with Gasteiger partial charge in [0.25, 0.3) is 0 Å². The molecule has 0 bridgehead atoms. The zero-order valence-corrected chi connectivity index (χ0v) is 10.5. The van der Waals surface area contributed by atoms with Crippen LogP contribution in [0.3, 0.4) is 0 Å². The second-order valence-electron chi connectivity index (χ2n) is 3.63. The van der Waals surface area contributed by atoms with E-state index < -0.39 is 32.3 Å². The molecule has 0 spiro atoms. The van der Waals surface area contributed by atoms with E-state index in [1.165, 1.54) is 12.1 Å². The molecule has 0 radical (unpaired) electrons. The second kappa shape index (κ2) is 5.91. The zero-order valence-electron chi connectivity index (χ0n) is 9.72. The Morgan fingerprint density at radius 2 is 2.22 bits per heavy atom. The van der Waals surface area contributed by atoms with Gasteiger partial charge in [0.15, 0.2) is 0 Å². The van der Waals surface area contributed by atoms with Crippen LogP contribution in [0.15, 0.2) is 23.1 Å². The summed E-state index contributed by atoms with van der Waals surface area (Å²) < 4.78 is 39.4. The van der Waals surface area contributed by atoms with E-state index in [1.54, 1.807) is 6.92 Å². The Labute approximate surface area is 105 Å². The van der Waals surface area contributed by atoms with E-state index in [9.17, 15) is 12.8 Å². The number of aliphatic hydroxyl groups excluding tert-OH is 1. The Balaban J connectivity index is 3.22. The number of halogens is 1. The van der Waals surface area contributed by atoms with Crippen molar-refractivity contribution in [1.82, 2.24) is 4.72 Å². The lowest BCUT2D eigenvalue weighted by Crippen LogP contribution is -2.37. The average Bonchev–Trinajstić information content (AvgIpc) is 2.35. The van der Waals surface area contributed by atoms with Crippen LogP contribution >= 0.6 is 0 Å². The number of nitriles is 1. The van der Waals surface area contributed by atoms with Gasteiger partial charge in [0.05, 0.1) is 6.61 Å². The summed E-state index contributed by atoms with van der Waals surface area (Å²) in [6.45, 7) is 1.33. The highest BCUT2D eigenvalue weighted by molar-refractivity contribution is 7.89. The number of benzene rings is 1. The lowest BCUT2D eigenvalue weighted by molar-refractivity contribution is 0.254. The highest BCUT2D eigenvalue weighted by atomic mass is 32.2. The molecule has 0 aliphatic carbocycles. The minimum atomic E-state index is -4.02. The van der Waals surface area contributed by atoms with Gasteiger partial charge in [-0.2, -0.15) is 5.26 Å². The molecule has 98 valence electrons. The third-order valence-electron chi connectivity index (χ3n) is 2.41. The molecule has 1 unspecified atom stereocenters. The monoisotopic (exact) mass is 272 g/mol.